The van der Waals surface area contributed by atoms with Crippen molar-refractivity contribution in [3.05, 3.63) is 36.0 Å². The van der Waals surface area contributed by atoms with Crippen LogP contribution in [0, 0.1) is 6.92 Å². The summed E-state index contributed by atoms with van der Waals surface area (Å²) in [6.45, 7) is 14.3. The Labute approximate surface area is 123 Å². The minimum Gasteiger partial charge on any atom is -0.350 e. The summed E-state index contributed by atoms with van der Waals surface area (Å²) in [7, 11) is 0. The summed E-state index contributed by atoms with van der Waals surface area (Å²) in [6.07, 6.45) is 4.52. The second kappa shape index (κ2) is 5.96. The zero-order valence-electron chi connectivity index (χ0n) is 13.2. The zero-order valence-corrected chi connectivity index (χ0v) is 13.2. The molecule has 1 aromatic heterocycles. The van der Waals surface area contributed by atoms with Gasteiger partial charge in [-0.25, -0.2) is 4.98 Å². The predicted molar refractivity (Wildman–Crippen MR) is 86.1 cm³/mol. The Morgan fingerprint density at radius 1 is 1.40 bits per heavy atom. The summed E-state index contributed by atoms with van der Waals surface area (Å²) in [6, 6.07) is 5.02. The number of hydrogen-bond acceptors (Lipinski definition) is 3. The first-order chi connectivity index (χ1) is 9.40. The fraction of sp³-hybridized carbons (Fsp3) is 0.588. The Balaban J connectivity index is 2.10. The highest BCUT2D eigenvalue weighted by Crippen LogP contribution is 2.30. The SMILES string of the molecule is C=CCN(c1ccc(CNC(C)(C)C)c(C)n1)C1CC1. The van der Waals surface area contributed by atoms with Crippen LogP contribution in [-0.2, 0) is 6.54 Å². The minimum absolute atomic E-state index is 0.133. The van der Waals surface area contributed by atoms with Crippen molar-refractivity contribution in [2.45, 2.75) is 58.7 Å². The third-order valence-electron chi connectivity index (χ3n) is 3.60. The van der Waals surface area contributed by atoms with Gasteiger partial charge in [0.1, 0.15) is 5.82 Å². The number of aromatic nitrogens is 1. The molecule has 0 spiro atoms. The van der Waals surface area contributed by atoms with E-state index in [9.17, 15) is 0 Å². The van der Waals surface area contributed by atoms with Crippen molar-refractivity contribution in [3.63, 3.8) is 0 Å². The summed E-state index contributed by atoms with van der Waals surface area (Å²) in [5.74, 6) is 1.09. The van der Waals surface area contributed by atoms with E-state index in [2.05, 4.69) is 56.6 Å². The van der Waals surface area contributed by atoms with Crippen LogP contribution in [0.3, 0.4) is 0 Å². The molecule has 3 heteroatoms. The summed E-state index contributed by atoms with van der Waals surface area (Å²) in [5, 5.41) is 3.52. The number of anilines is 1. The first kappa shape index (κ1) is 15.0. The minimum atomic E-state index is 0.133. The van der Waals surface area contributed by atoms with Gasteiger partial charge in [0.05, 0.1) is 0 Å². The molecule has 0 saturated heterocycles. The Kier molecular flexibility index (Phi) is 4.48. The predicted octanol–water partition coefficient (Wildman–Crippen LogP) is 3.43. The summed E-state index contributed by atoms with van der Waals surface area (Å²) in [4.78, 5) is 7.15. The zero-order chi connectivity index (χ0) is 14.8. The van der Waals surface area contributed by atoms with Gasteiger partial charge in [-0.05, 0) is 52.2 Å². The molecular formula is C17H27N3. The van der Waals surface area contributed by atoms with Crippen molar-refractivity contribution in [2.24, 2.45) is 0 Å². The van der Waals surface area contributed by atoms with E-state index < -0.39 is 0 Å². The van der Waals surface area contributed by atoms with Crippen LogP contribution in [0.2, 0.25) is 0 Å². The maximum Gasteiger partial charge on any atom is 0.129 e. The fourth-order valence-corrected chi connectivity index (χ4v) is 2.24. The van der Waals surface area contributed by atoms with Gasteiger partial charge in [-0.1, -0.05) is 12.1 Å². The van der Waals surface area contributed by atoms with Crippen molar-refractivity contribution in [1.82, 2.24) is 10.3 Å². The molecule has 0 bridgehead atoms. The van der Waals surface area contributed by atoms with E-state index in [0.717, 1.165) is 24.6 Å². The monoisotopic (exact) mass is 273 g/mol. The number of nitrogens with one attached hydrogen (secondary N) is 1. The number of rotatable bonds is 6. The van der Waals surface area contributed by atoms with Crippen LogP contribution < -0.4 is 10.2 Å². The average molecular weight is 273 g/mol. The third kappa shape index (κ3) is 4.07. The van der Waals surface area contributed by atoms with E-state index in [1.165, 1.54) is 18.4 Å². The van der Waals surface area contributed by atoms with Crippen LogP contribution in [0.15, 0.2) is 24.8 Å². The van der Waals surface area contributed by atoms with Crippen LogP contribution >= 0.6 is 0 Å². The molecule has 1 heterocycles. The van der Waals surface area contributed by atoms with E-state index in [-0.39, 0.29) is 5.54 Å². The number of hydrogen-bond donors (Lipinski definition) is 1. The molecule has 1 fully saturated rings. The van der Waals surface area contributed by atoms with Crippen LogP contribution in [0.4, 0.5) is 5.82 Å². The average Bonchev–Trinajstić information content (AvgIpc) is 3.17. The number of nitrogens with zero attached hydrogens (tertiary/aromatic N) is 2. The first-order valence-electron chi connectivity index (χ1n) is 7.50. The Morgan fingerprint density at radius 2 is 2.10 bits per heavy atom. The lowest BCUT2D eigenvalue weighted by Crippen LogP contribution is -2.35. The van der Waals surface area contributed by atoms with Crippen molar-refractivity contribution in [1.29, 1.82) is 0 Å². The smallest absolute Gasteiger partial charge is 0.129 e. The molecule has 110 valence electrons. The quantitative estimate of drug-likeness (QED) is 0.805. The Hall–Kier alpha value is -1.35. The molecule has 0 amide bonds. The molecule has 1 aromatic rings. The van der Waals surface area contributed by atoms with Crippen molar-refractivity contribution < 1.29 is 0 Å². The van der Waals surface area contributed by atoms with Crippen LogP contribution in [0.1, 0.15) is 44.9 Å². The maximum absolute atomic E-state index is 4.79. The molecule has 1 saturated carbocycles. The Bertz CT molecular complexity index is 470. The second-order valence-corrected chi connectivity index (χ2v) is 6.69. The highest BCUT2D eigenvalue weighted by atomic mass is 15.2. The molecule has 3 nitrogen and oxygen atoms in total. The topological polar surface area (TPSA) is 28.2 Å². The maximum atomic E-state index is 4.79. The molecule has 0 aromatic carbocycles. The summed E-state index contributed by atoms with van der Waals surface area (Å²) >= 11 is 0. The Morgan fingerprint density at radius 3 is 2.60 bits per heavy atom. The normalized spacial score (nSPS) is 15.2. The van der Waals surface area contributed by atoms with Gasteiger partial charge in [0.15, 0.2) is 0 Å². The van der Waals surface area contributed by atoms with Gasteiger partial charge in [0, 0.05) is 30.4 Å². The number of aryl methyl sites for hydroxylation is 1. The van der Waals surface area contributed by atoms with E-state index in [4.69, 9.17) is 4.98 Å². The molecule has 0 atom stereocenters. The van der Waals surface area contributed by atoms with E-state index in [0.29, 0.717) is 6.04 Å². The molecule has 1 aliphatic carbocycles. The standard InChI is InChI=1S/C17H27N3/c1-6-11-20(15-8-9-15)16-10-7-14(13(2)19-16)12-18-17(3,4)5/h6-7,10,15,18H,1,8-9,11-12H2,2-5H3. The van der Waals surface area contributed by atoms with Crippen LogP contribution in [0.5, 0.6) is 0 Å². The number of pyridine rings is 1. The highest BCUT2D eigenvalue weighted by molar-refractivity contribution is 5.44. The highest BCUT2D eigenvalue weighted by Gasteiger charge is 2.29. The second-order valence-electron chi connectivity index (χ2n) is 6.69. The molecule has 0 radical (unpaired) electrons. The van der Waals surface area contributed by atoms with Gasteiger partial charge < -0.3 is 10.2 Å². The van der Waals surface area contributed by atoms with Crippen LogP contribution in [-0.4, -0.2) is 23.1 Å². The summed E-state index contributed by atoms with van der Waals surface area (Å²) < 4.78 is 0. The van der Waals surface area contributed by atoms with Gasteiger partial charge in [-0.3, -0.25) is 0 Å². The largest absolute Gasteiger partial charge is 0.350 e. The first-order valence-corrected chi connectivity index (χ1v) is 7.50. The lowest BCUT2D eigenvalue weighted by atomic mass is 10.1. The van der Waals surface area contributed by atoms with Gasteiger partial charge >= 0.3 is 0 Å². The van der Waals surface area contributed by atoms with Crippen molar-refractivity contribution in [2.75, 3.05) is 11.4 Å². The lowest BCUT2D eigenvalue weighted by Gasteiger charge is -2.24. The molecule has 20 heavy (non-hydrogen) atoms. The van der Waals surface area contributed by atoms with Gasteiger partial charge in [-0.2, -0.15) is 0 Å². The van der Waals surface area contributed by atoms with Gasteiger partial charge in [0.25, 0.3) is 0 Å². The van der Waals surface area contributed by atoms with E-state index in [1.54, 1.807) is 0 Å². The van der Waals surface area contributed by atoms with Crippen molar-refractivity contribution in [3.8, 4) is 0 Å². The molecular weight excluding hydrogens is 246 g/mol. The molecule has 1 N–H and O–H groups in total. The molecule has 0 aliphatic heterocycles. The molecule has 1 aliphatic rings. The fourth-order valence-electron chi connectivity index (χ4n) is 2.24. The lowest BCUT2D eigenvalue weighted by molar-refractivity contribution is 0.423. The van der Waals surface area contributed by atoms with Crippen molar-refractivity contribution >= 4 is 5.82 Å². The molecule has 2 rings (SSSR count). The summed E-state index contributed by atoms with van der Waals surface area (Å²) in [5.41, 5.74) is 2.53. The molecule has 0 unspecified atom stereocenters. The van der Waals surface area contributed by atoms with E-state index in [1.807, 2.05) is 6.08 Å². The third-order valence-corrected chi connectivity index (χ3v) is 3.60. The van der Waals surface area contributed by atoms with Gasteiger partial charge in [0.2, 0.25) is 0 Å². The van der Waals surface area contributed by atoms with E-state index >= 15 is 0 Å². The van der Waals surface area contributed by atoms with Gasteiger partial charge in [-0.15, -0.1) is 6.58 Å². The van der Waals surface area contributed by atoms with Crippen LogP contribution in [0.25, 0.3) is 0 Å².